The van der Waals surface area contributed by atoms with Gasteiger partial charge in [-0.1, -0.05) is 48.6 Å². The van der Waals surface area contributed by atoms with E-state index in [9.17, 15) is 0 Å². The van der Waals surface area contributed by atoms with Gasteiger partial charge in [0, 0.05) is 11.9 Å². The van der Waals surface area contributed by atoms with E-state index in [-0.39, 0.29) is 0 Å². The predicted octanol–water partition coefficient (Wildman–Crippen LogP) is 2.73. The fourth-order valence-electron chi connectivity index (χ4n) is 1.62. The zero-order valence-electron chi connectivity index (χ0n) is 9.10. The van der Waals surface area contributed by atoms with Gasteiger partial charge >= 0.3 is 0 Å². The van der Waals surface area contributed by atoms with Crippen LogP contribution in [0.4, 0.5) is 0 Å². The highest BCUT2D eigenvalue weighted by Crippen LogP contribution is 2.24. The Bertz CT molecular complexity index is 486. The smallest absolute Gasteiger partial charge is 0.127 e. The van der Waals surface area contributed by atoms with Crippen LogP contribution in [0.2, 0.25) is 0 Å². The minimum absolute atomic E-state index is 0.554. The molecule has 0 fully saturated rings. The number of hydrogen-bond acceptors (Lipinski definition) is 2. The molecule has 0 saturated carbocycles. The summed E-state index contributed by atoms with van der Waals surface area (Å²) in [7, 11) is 0. The summed E-state index contributed by atoms with van der Waals surface area (Å²) in [5.41, 5.74) is 5.36. The molecule has 16 heavy (non-hydrogen) atoms. The summed E-state index contributed by atoms with van der Waals surface area (Å²) < 4.78 is 5.68. The quantitative estimate of drug-likeness (QED) is 0.792. The van der Waals surface area contributed by atoms with Crippen LogP contribution < -0.4 is 10.5 Å². The van der Waals surface area contributed by atoms with Crippen LogP contribution in [-0.4, -0.2) is 13.2 Å². The van der Waals surface area contributed by atoms with E-state index in [4.69, 9.17) is 10.5 Å². The van der Waals surface area contributed by atoms with Gasteiger partial charge in [0.2, 0.25) is 0 Å². The van der Waals surface area contributed by atoms with Gasteiger partial charge in [-0.3, -0.25) is 0 Å². The molecule has 0 unspecified atom stereocenters. The van der Waals surface area contributed by atoms with E-state index in [0.29, 0.717) is 13.2 Å². The van der Waals surface area contributed by atoms with Crippen LogP contribution >= 0.6 is 0 Å². The van der Waals surface area contributed by atoms with E-state index in [1.165, 1.54) is 5.39 Å². The normalized spacial score (nSPS) is 11.1. The Balaban J connectivity index is 2.20. The van der Waals surface area contributed by atoms with Crippen molar-refractivity contribution in [2.75, 3.05) is 13.2 Å². The largest absolute Gasteiger partial charge is 0.489 e. The van der Waals surface area contributed by atoms with Crippen LogP contribution in [0.1, 0.15) is 0 Å². The molecule has 0 aliphatic heterocycles. The molecule has 0 saturated heterocycles. The van der Waals surface area contributed by atoms with E-state index in [0.717, 1.165) is 11.1 Å². The summed E-state index contributed by atoms with van der Waals surface area (Å²) >= 11 is 0. The van der Waals surface area contributed by atoms with Crippen molar-refractivity contribution in [2.24, 2.45) is 5.73 Å². The summed E-state index contributed by atoms with van der Waals surface area (Å²) in [5.74, 6) is 0.916. The van der Waals surface area contributed by atoms with Gasteiger partial charge in [-0.2, -0.15) is 0 Å². The summed E-state index contributed by atoms with van der Waals surface area (Å²) in [6.07, 6.45) is 3.83. The average Bonchev–Trinajstić information content (AvgIpc) is 2.35. The molecule has 0 radical (unpaired) electrons. The lowest BCUT2D eigenvalue weighted by atomic mass is 10.1. The zero-order valence-corrected chi connectivity index (χ0v) is 9.10. The summed E-state index contributed by atoms with van der Waals surface area (Å²) in [5, 5.41) is 2.34. The molecule has 0 aliphatic carbocycles. The Hall–Kier alpha value is -1.80. The third-order valence-corrected chi connectivity index (χ3v) is 2.39. The second kappa shape index (κ2) is 5.33. The van der Waals surface area contributed by atoms with E-state index in [1.807, 2.05) is 36.4 Å². The average molecular weight is 213 g/mol. The molecule has 2 heteroatoms. The third kappa shape index (κ3) is 2.41. The summed E-state index contributed by atoms with van der Waals surface area (Å²) in [6.45, 7) is 1.12. The van der Waals surface area contributed by atoms with Crippen LogP contribution in [-0.2, 0) is 0 Å². The Labute approximate surface area is 95.3 Å². The minimum Gasteiger partial charge on any atom is -0.489 e. The lowest BCUT2D eigenvalue weighted by molar-refractivity contribution is 0.367. The molecule has 0 amide bonds. The van der Waals surface area contributed by atoms with Gasteiger partial charge in [0.25, 0.3) is 0 Å². The monoisotopic (exact) mass is 213 g/mol. The van der Waals surface area contributed by atoms with Crippen molar-refractivity contribution in [1.82, 2.24) is 0 Å². The fourth-order valence-corrected chi connectivity index (χ4v) is 1.62. The molecular weight excluding hydrogens is 198 g/mol. The molecule has 0 spiro atoms. The molecule has 2 rings (SSSR count). The number of nitrogens with two attached hydrogens (primary N) is 1. The van der Waals surface area contributed by atoms with Crippen molar-refractivity contribution < 1.29 is 4.74 Å². The Morgan fingerprint density at radius 2 is 1.81 bits per heavy atom. The number of rotatable bonds is 4. The molecular formula is C14H15NO. The Morgan fingerprint density at radius 3 is 2.69 bits per heavy atom. The van der Waals surface area contributed by atoms with Crippen LogP contribution in [0.25, 0.3) is 10.8 Å². The lowest BCUT2D eigenvalue weighted by Gasteiger charge is -2.06. The van der Waals surface area contributed by atoms with E-state index < -0.39 is 0 Å². The van der Waals surface area contributed by atoms with Crippen molar-refractivity contribution in [2.45, 2.75) is 0 Å². The van der Waals surface area contributed by atoms with Gasteiger partial charge in [0.1, 0.15) is 12.4 Å². The summed E-state index contributed by atoms with van der Waals surface area (Å²) in [4.78, 5) is 0. The van der Waals surface area contributed by atoms with E-state index in [1.54, 1.807) is 0 Å². The van der Waals surface area contributed by atoms with Gasteiger partial charge < -0.3 is 10.5 Å². The fraction of sp³-hybridized carbons (Fsp3) is 0.143. The maximum absolute atomic E-state index is 5.68. The van der Waals surface area contributed by atoms with Crippen molar-refractivity contribution in [3.63, 3.8) is 0 Å². The highest BCUT2D eigenvalue weighted by Gasteiger charge is 1.99. The topological polar surface area (TPSA) is 35.2 Å². The molecule has 82 valence electrons. The molecule has 0 aromatic heterocycles. The molecule has 2 N–H and O–H groups in total. The van der Waals surface area contributed by atoms with E-state index in [2.05, 4.69) is 18.2 Å². The maximum atomic E-state index is 5.68. The lowest BCUT2D eigenvalue weighted by Crippen LogP contribution is -1.97. The highest BCUT2D eigenvalue weighted by atomic mass is 16.5. The van der Waals surface area contributed by atoms with Crippen LogP contribution in [0.15, 0.2) is 54.6 Å². The molecule has 0 aliphatic rings. The standard InChI is InChI=1S/C14H15NO/c15-10-3-4-11-16-14-9-5-7-12-6-1-2-8-13(12)14/h1-9H,10-11,15H2. The minimum atomic E-state index is 0.554. The molecule has 2 nitrogen and oxygen atoms in total. The van der Waals surface area contributed by atoms with Crippen LogP contribution in [0, 0.1) is 0 Å². The highest BCUT2D eigenvalue weighted by molar-refractivity contribution is 5.88. The van der Waals surface area contributed by atoms with Crippen LogP contribution in [0.3, 0.4) is 0 Å². The van der Waals surface area contributed by atoms with Crippen molar-refractivity contribution in [3.8, 4) is 5.75 Å². The number of hydrogen-bond donors (Lipinski definition) is 1. The third-order valence-electron chi connectivity index (χ3n) is 2.39. The van der Waals surface area contributed by atoms with Crippen molar-refractivity contribution in [1.29, 1.82) is 0 Å². The summed E-state index contributed by atoms with van der Waals surface area (Å²) in [6, 6.07) is 14.3. The molecule has 2 aromatic rings. The Kier molecular flexibility index (Phi) is 3.57. The second-order valence-corrected chi connectivity index (χ2v) is 3.50. The van der Waals surface area contributed by atoms with Crippen molar-refractivity contribution >= 4 is 10.8 Å². The number of benzene rings is 2. The Morgan fingerprint density at radius 1 is 1.00 bits per heavy atom. The second-order valence-electron chi connectivity index (χ2n) is 3.50. The van der Waals surface area contributed by atoms with Gasteiger partial charge in [0.15, 0.2) is 0 Å². The maximum Gasteiger partial charge on any atom is 0.127 e. The molecule has 0 bridgehead atoms. The van der Waals surface area contributed by atoms with Crippen LogP contribution in [0.5, 0.6) is 5.75 Å². The van der Waals surface area contributed by atoms with Gasteiger partial charge in [-0.25, -0.2) is 0 Å². The van der Waals surface area contributed by atoms with Crippen molar-refractivity contribution in [3.05, 3.63) is 54.6 Å². The molecule has 0 heterocycles. The van der Waals surface area contributed by atoms with Gasteiger partial charge in [-0.05, 0) is 11.5 Å². The number of ether oxygens (including phenoxy) is 1. The first-order valence-corrected chi connectivity index (χ1v) is 5.37. The van der Waals surface area contributed by atoms with E-state index >= 15 is 0 Å². The van der Waals surface area contributed by atoms with Gasteiger partial charge in [-0.15, -0.1) is 0 Å². The zero-order chi connectivity index (χ0) is 11.2. The molecule has 0 atom stereocenters. The first-order chi connectivity index (χ1) is 7.92. The predicted molar refractivity (Wildman–Crippen MR) is 67.6 cm³/mol. The first kappa shape index (κ1) is 10.7. The molecule has 2 aromatic carbocycles. The number of fused-ring (bicyclic) bond motifs is 1. The first-order valence-electron chi connectivity index (χ1n) is 5.37. The van der Waals surface area contributed by atoms with Gasteiger partial charge in [0.05, 0.1) is 0 Å². The SMILES string of the molecule is NCC=CCOc1cccc2ccccc12.